The van der Waals surface area contributed by atoms with Gasteiger partial charge in [0.05, 0.1) is 12.6 Å². The second-order valence-corrected chi connectivity index (χ2v) is 5.36. The van der Waals surface area contributed by atoms with Crippen LogP contribution in [0.5, 0.6) is 5.75 Å². The van der Waals surface area contributed by atoms with Crippen LogP contribution in [-0.2, 0) is 0 Å². The van der Waals surface area contributed by atoms with E-state index in [1.165, 1.54) is 32.3 Å². The van der Waals surface area contributed by atoms with E-state index < -0.39 is 0 Å². The average molecular weight is 309 g/mol. The molecule has 1 N–H and O–H groups in total. The first kappa shape index (κ1) is 15.3. The van der Waals surface area contributed by atoms with E-state index in [1.807, 2.05) is 30.3 Å². The van der Waals surface area contributed by atoms with Gasteiger partial charge in [0.25, 0.3) is 0 Å². The molecule has 4 rings (SSSR count). The molecule has 23 heavy (non-hydrogen) atoms. The highest BCUT2D eigenvalue weighted by Gasteiger charge is 2.16. The van der Waals surface area contributed by atoms with Gasteiger partial charge in [-0.15, -0.1) is 10.2 Å². The fraction of sp³-hybridized carbons (Fsp3) is 0.353. The molecule has 2 aromatic rings. The fourth-order valence-corrected chi connectivity index (χ4v) is 2.84. The minimum absolute atomic E-state index is 0.214. The van der Waals surface area contributed by atoms with Gasteiger partial charge in [-0.3, -0.25) is 0 Å². The molecule has 1 saturated heterocycles. The van der Waals surface area contributed by atoms with E-state index in [-0.39, 0.29) is 5.69 Å². The minimum Gasteiger partial charge on any atom is -0.493 e. The lowest BCUT2D eigenvalue weighted by molar-refractivity contribution is 0.329. The first-order valence-corrected chi connectivity index (χ1v) is 7.67. The van der Waals surface area contributed by atoms with Gasteiger partial charge in [0.2, 0.25) is 5.69 Å². The van der Waals surface area contributed by atoms with E-state index in [0.29, 0.717) is 5.75 Å². The van der Waals surface area contributed by atoms with Gasteiger partial charge in [0.15, 0.2) is 5.75 Å². The highest BCUT2D eigenvalue weighted by molar-refractivity contribution is 5.85. The SMILES string of the molecule is C1=C2CNCCN2CC1.COc1c(C#N)nnc2ccccc12. The third-order valence-corrected chi connectivity index (χ3v) is 3.98. The van der Waals surface area contributed by atoms with Crippen molar-refractivity contribution in [1.29, 1.82) is 5.26 Å². The number of nitriles is 1. The Balaban J connectivity index is 0.000000149. The number of benzene rings is 1. The lowest BCUT2D eigenvalue weighted by atomic mass is 10.2. The number of methoxy groups -OCH3 is 1. The van der Waals surface area contributed by atoms with Crippen molar-refractivity contribution in [3.05, 3.63) is 41.7 Å². The molecule has 1 aromatic heterocycles. The molecule has 0 spiro atoms. The predicted octanol–water partition coefficient (Wildman–Crippen LogP) is 1.69. The fourth-order valence-electron chi connectivity index (χ4n) is 2.84. The molecular formula is C17H19N5O. The first-order valence-electron chi connectivity index (χ1n) is 7.67. The Labute approximate surface area is 135 Å². The summed E-state index contributed by atoms with van der Waals surface area (Å²) in [5.74, 6) is 0.484. The molecule has 2 aliphatic rings. The quantitative estimate of drug-likeness (QED) is 0.864. The number of hydrogen-bond acceptors (Lipinski definition) is 6. The Morgan fingerprint density at radius 2 is 2.13 bits per heavy atom. The molecule has 0 amide bonds. The molecule has 0 aliphatic carbocycles. The maximum absolute atomic E-state index is 8.78. The molecule has 0 radical (unpaired) electrons. The lowest BCUT2D eigenvalue weighted by Gasteiger charge is -2.27. The topological polar surface area (TPSA) is 74.1 Å². The molecular weight excluding hydrogens is 290 g/mol. The highest BCUT2D eigenvalue weighted by atomic mass is 16.5. The number of aromatic nitrogens is 2. The number of nitrogens with zero attached hydrogens (tertiary/aromatic N) is 4. The number of rotatable bonds is 1. The molecule has 1 aromatic carbocycles. The molecule has 118 valence electrons. The van der Waals surface area contributed by atoms with Gasteiger partial charge in [-0.25, -0.2) is 0 Å². The van der Waals surface area contributed by atoms with E-state index in [0.717, 1.165) is 24.0 Å². The van der Waals surface area contributed by atoms with Crippen LogP contribution in [0.15, 0.2) is 36.0 Å². The monoisotopic (exact) mass is 309 g/mol. The number of fused-ring (bicyclic) bond motifs is 2. The van der Waals surface area contributed by atoms with E-state index in [1.54, 1.807) is 0 Å². The zero-order valence-electron chi connectivity index (χ0n) is 13.1. The summed E-state index contributed by atoms with van der Waals surface area (Å²) in [4.78, 5) is 2.47. The second kappa shape index (κ2) is 7.07. The van der Waals surface area contributed by atoms with Gasteiger partial charge in [-0.2, -0.15) is 5.26 Å². The van der Waals surface area contributed by atoms with E-state index in [4.69, 9.17) is 10.00 Å². The third-order valence-electron chi connectivity index (χ3n) is 3.98. The normalized spacial score (nSPS) is 16.0. The Morgan fingerprint density at radius 3 is 2.91 bits per heavy atom. The summed E-state index contributed by atoms with van der Waals surface area (Å²) in [6.45, 7) is 4.74. The Bertz CT molecular complexity index is 765. The van der Waals surface area contributed by atoms with Crippen LogP contribution in [0, 0.1) is 11.3 Å². The average Bonchev–Trinajstić information content (AvgIpc) is 3.10. The minimum atomic E-state index is 0.214. The van der Waals surface area contributed by atoms with Crippen molar-refractivity contribution in [1.82, 2.24) is 20.4 Å². The summed E-state index contributed by atoms with van der Waals surface area (Å²) in [7, 11) is 1.52. The van der Waals surface area contributed by atoms with Gasteiger partial charge in [0, 0.05) is 37.3 Å². The van der Waals surface area contributed by atoms with Crippen LogP contribution >= 0.6 is 0 Å². The van der Waals surface area contributed by atoms with Crippen LogP contribution < -0.4 is 10.1 Å². The van der Waals surface area contributed by atoms with Crippen molar-refractivity contribution in [2.45, 2.75) is 6.42 Å². The molecule has 0 unspecified atom stereocenters. The molecule has 0 saturated carbocycles. The van der Waals surface area contributed by atoms with Crippen LogP contribution in [0.25, 0.3) is 10.9 Å². The van der Waals surface area contributed by atoms with Crippen LogP contribution in [-0.4, -0.2) is 48.4 Å². The Morgan fingerprint density at radius 1 is 1.26 bits per heavy atom. The summed E-state index contributed by atoms with van der Waals surface area (Å²) < 4.78 is 5.12. The maximum Gasteiger partial charge on any atom is 0.205 e. The standard InChI is InChI=1S/C10H7N3O.C7H12N2/c1-14-10-7-4-2-3-5-8(7)12-13-9(10)6-11;1-2-7-6-8-3-5-9(7)4-1/h2-5H,1H3;2,8H,1,3-6H2. The summed E-state index contributed by atoms with van der Waals surface area (Å²) in [6, 6.07) is 9.35. The number of nitrogens with one attached hydrogen (secondary N) is 1. The smallest absolute Gasteiger partial charge is 0.205 e. The van der Waals surface area contributed by atoms with Gasteiger partial charge in [0.1, 0.15) is 6.07 Å². The van der Waals surface area contributed by atoms with E-state index in [2.05, 4.69) is 26.5 Å². The van der Waals surface area contributed by atoms with E-state index >= 15 is 0 Å². The Kier molecular flexibility index (Phi) is 4.69. The van der Waals surface area contributed by atoms with E-state index in [9.17, 15) is 0 Å². The molecule has 0 bridgehead atoms. The number of ether oxygens (including phenoxy) is 1. The molecule has 6 heteroatoms. The largest absolute Gasteiger partial charge is 0.493 e. The van der Waals surface area contributed by atoms with Crippen molar-refractivity contribution in [3.8, 4) is 11.8 Å². The van der Waals surface area contributed by atoms with Gasteiger partial charge >= 0.3 is 0 Å². The number of piperazine rings is 1. The van der Waals surface area contributed by atoms with Gasteiger partial charge in [-0.05, 0) is 18.6 Å². The van der Waals surface area contributed by atoms with Crippen molar-refractivity contribution in [2.24, 2.45) is 0 Å². The molecule has 6 nitrogen and oxygen atoms in total. The van der Waals surface area contributed by atoms with Crippen LogP contribution in [0.2, 0.25) is 0 Å². The second-order valence-electron chi connectivity index (χ2n) is 5.36. The van der Waals surface area contributed by atoms with Crippen molar-refractivity contribution < 1.29 is 4.74 Å². The summed E-state index contributed by atoms with van der Waals surface area (Å²) in [5, 5.41) is 20.6. The van der Waals surface area contributed by atoms with Crippen LogP contribution in [0.1, 0.15) is 12.1 Å². The molecule has 0 atom stereocenters. The maximum atomic E-state index is 8.78. The highest BCUT2D eigenvalue weighted by Crippen LogP contribution is 2.25. The third kappa shape index (κ3) is 3.25. The molecule has 2 aliphatic heterocycles. The predicted molar refractivity (Wildman–Crippen MR) is 87.9 cm³/mol. The summed E-state index contributed by atoms with van der Waals surface area (Å²) in [5.41, 5.74) is 2.45. The molecule has 3 heterocycles. The van der Waals surface area contributed by atoms with Gasteiger partial charge in [-0.1, -0.05) is 18.2 Å². The summed E-state index contributed by atoms with van der Waals surface area (Å²) >= 11 is 0. The van der Waals surface area contributed by atoms with Gasteiger partial charge < -0.3 is 15.0 Å². The summed E-state index contributed by atoms with van der Waals surface area (Å²) in [6.07, 6.45) is 3.60. The van der Waals surface area contributed by atoms with Crippen LogP contribution in [0.3, 0.4) is 0 Å². The number of hydrogen-bond donors (Lipinski definition) is 1. The molecule has 1 fully saturated rings. The zero-order chi connectivity index (χ0) is 16.1. The first-order chi connectivity index (χ1) is 11.3. The lowest BCUT2D eigenvalue weighted by Crippen LogP contribution is -2.39. The Hall–Kier alpha value is -2.65. The van der Waals surface area contributed by atoms with Crippen molar-refractivity contribution >= 4 is 10.9 Å². The zero-order valence-corrected chi connectivity index (χ0v) is 13.1. The van der Waals surface area contributed by atoms with Crippen LogP contribution in [0.4, 0.5) is 0 Å². The van der Waals surface area contributed by atoms with Crippen molar-refractivity contribution in [2.75, 3.05) is 33.3 Å². The van der Waals surface area contributed by atoms with Crippen molar-refractivity contribution in [3.63, 3.8) is 0 Å².